The predicted octanol–water partition coefficient (Wildman–Crippen LogP) is 1.53. The van der Waals surface area contributed by atoms with E-state index in [1.807, 2.05) is 0 Å². The highest BCUT2D eigenvalue weighted by molar-refractivity contribution is 4.72. The summed E-state index contributed by atoms with van der Waals surface area (Å²) in [5.74, 6) is 1.02. The molecule has 0 spiro atoms. The van der Waals surface area contributed by atoms with Gasteiger partial charge >= 0.3 is 0 Å². The van der Waals surface area contributed by atoms with Crippen LogP contribution in [0.4, 0.5) is 0 Å². The van der Waals surface area contributed by atoms with Crippen molar-refractivity contribution in [3.8, 4) is 0 Å². The third kappa shape index (κ3) is 4.40. The molecule has 0 aromatic carbocycles. The van der Waals surface area contributed by atoms with Crippen LogP contribution in [0.3, 0.4) is 0 Å². The van der Waals surface area contributed by atoms with E-state index in [1.54, 1.807) is 0 Å². The molecule has 3 heteroatoms. The van der Waals surface area contributed by atoms with Crippen LogP contribution in [-0.2, 0) is 4.74 Å². The fourth-order valence-corrected chi connectivity index (χ4v) is 2.81. The Balaban J connectivity index is 1.42. The molecule has 2 fully saturated rings. The number of ether oxygens (including phenoxy) is 1. The van der Waals surface area contributed by atoms with Crippen molar-refractivity contribution in [3.05, 3.63) is 0 Å². The monoisotopic (exact) mass is 226 g/mol. The van der Waals surface area contributed by atoms with Gasteiger partial charge in [-0.15, -0.1) is 0 Å². The molecule has 16 heavy (non-hydrogen) atoms. The smallest absolute Gasteiger partial charge is 0.0620 e. The van der Waals surface area contributed by atoms with E-state index in [4.69, 9.17) is 4.74 Å². The molecule has 2 N–H and O–H groups in total. The van der Waals surface area contributed by atoms with Crippen molar-refractivity contribution >= 4 is 0 Å². The van der Waals surface area contributed by atoms with Gasteiger partial charge in [-0.05, 0) is 31.8 Å². The largest absolute Gasteiger partial charge is 0.379 e. The van der Waals surface area contributed by atoms with Gasteiger partial charge in [-0.3, -0.25) is 0 Å². The van der Waals surface area contributed by atoms with Crippen LogP contribution in [0, 0.1) is 5.92 Å². The zero-order valence-electron chi connectivity index (χ0n) is 10.3. The summed E-state index contributed by atoms with van der Waals surface area (Å²) in [6.07, 6.45) is 8.46. The lowest BCUT2D eigenvalue weighted by atomic mass is 10.0. The third-order valence-corrected chi connectivity index (χ3v) is 3.87. The van der Waals surface area contributed by atoms with Crippen LogP contribution in [0.2, 0.25) is 0 Å². The summed E-state index contributed by atoms with van der Waals surface area (Å²) >= 11 is 0. The SMILES string of the molecule is C1CCC(CCNCCC2COCCN2)C1. The van der Waals surface area contributed by atoms with Crippen molar-refractivity contribution in [2.24, 2.45) is 5.92 Å². The molecule has 1 heterocycles. The number of morpholine rings is 1. The molecule has 0 aromatic rings. The Morgan fingerprint density at radius 3 is 2.69 bits per heavy atom. The van der Waals surface area contributed by atoms with E-state index in [0.717, 1.165) is 32.2 Å². The second-order valence-electron chi connectivity index (χ2n) is 5.20. The van der Waals surface area contributed by atoms with E-state index in [9.17, 15) is 0 Å². The van der Waals surface area contributed by atoms with Gasteiger partial charge in [0.15, 0.2) is 0 Å². The van der Waals surface area contributed by atoms with Gasteiger partial charge < -0.3 is 15.4 Å². The lowest BCUT2D eigenvalue weighted by molar-refractivity contribution is 0.0742. The third-order valence-electron chi connectivity index (χ3n) is 3.87. The average molecular weight is 226 g/mol. The number of hydrogen-bond donors (Lipinski definition) is 2. The van der Waals surface area contributed by atoms with E-state index in [0.29, 0.717) is 6.04 Å². The van der Waals surface area contributed by atoms with E-state index >= 15 is 0 Å². The number of rotatable bonds is 6. The van der Waals surface area contributed by atoms with E-state index in [1.165, 1.54) is 45.1 Å². The van der Waals surface area contributed by atoms with Gasteiger partial charge in [-0.2, -0.15) is 0 Å². The summed E-state index contributed by atoms with van der Waals surface area (Å²) in [4.78, 5) is 0. The minimum Gasteiger partial charge on any atom is -0.379 e. The molecular weight excluding hydrogens is 200 g/mol. The second-order valence-corrected chi connectivity index (χ2v) is 5.20. The first-order valence-electron chi connectivity index (χ1n) is 6.97. The first-order chi connectivity index (χ1) is 7.95. The zero-order valence-corrected chi connectivity index (χ0v) is 10.3. The molecule has 0 amide bonds. The molecule has 1 aliphatic carbocycles. The fourth-order valence-electron chi connectivity index (χ4n) is 2.81. The Hall–Kier alpha value is -0.120. The number of nitrogens with one attached hydrogen (secondary N) is 2. The molecular formula is C13H26N2O. The van der Waals surface area contributed by atoms with Gasteiger partial charge in [-0.1, -0.05) is 25.7 Å². The van der Waals surface area contributed by atoms with E-state index in [2.05, 4.69) is 10.6 Å². The van der Waals surface area contributed by atoms with Crippen LogP contribution in [0.1, 0.15) is 38.5 Å². The maximum Gasteiger partial charge on any atom is 0.0620 e. The van der Waals surface area contributed by atoms with Gasteiger partial charge in [0.1, 0.15) is 0 Å². The van der Waals surface area contributed by atoms with Gasteiger partial charge in [0.25, 0.3) is 0 Å². The predicted molar refractivity (Wildman–Crippen MR) is 66.7 cm³/mol. The van der Waals surface area contributed by atoms with Crippen molar-refractivity contribution in [3.63, 3.8) is 0 Å². The molecule has 2 rings (SSSR count). The summed E-state index contributed by atoms with van der Waals surface area (Å²) < 4.78 is 5.43. The highest BCUT2D eigenvalue weighted by Gasteiger charge is 2.14. The quantitative estimate of drug-likeness (QED) is 0.674. The Labute approximate surface area is 99.3 Å². The molecule has 1 saturated carbocycles. The average Bonchev–Trinajstić information content (AvgIpc) is 2.83. The molecule has 1 unspecified atom stereocenters. The van der Waals surface area contributed by atoms with Gasteiger partial charge in [0.05, 0.1) is 13.2 Å². The second kappa shape index (κ2) is 7.25. The summed E-state index contributed by atoms with van der Waals surface area (Å²) in [6.45, 7) is 5.13. The molecule has 0 bridgehead atoms. The van der Waals surface area contributed by atoms with Crippen LogP contribution in [0.5, 0.6) is 0 Å². The van der Waals surface area contributed by atoms with Crippen molar-refractivity contribution < 1.29 is 4.74 Å². The van der Waals surface area contributed by atoms with Crippen molar-refractivity contribution in [2.45, 2.75) is 44.6 Å². The van der Waals surface area contributed by atoms with Crippen LogP contribution < -0.4 is 10.6 Å². The highest BCUT2D eigenvalue weighted by Crippen LogP contribution is 2.26. The van der Waals surface area contributed by atoms with E-state index in [-0.39, 0.29) is 0 Å². The summed E-state index contributed by atoms with van der Waals surface area (Å²) in [6, 6.07) is 0.577. The standard InChI is InChI=1S/C13H26N2O/c1-2-4-12(3-1)5-7-14-8-6-13-11-16-10-9-15-13/h12-15H,1-11H2. The van der Waals surface area contributed by atoms with Crippen molar-refractivity contribution in [1.82, 2.24) is 10.6 Å². The van der Waals surface area contributed by atoms with Crippen molar-refractivity contribution in [1.29, 1.82) is 0 Å². The molecule has 3 nitrogen and oxygen atoms in total. The first kappa shape index (κ1) is 12.3. The minimum absolute atomic E-state index is 0.577. The number of hydrogen-bond acceptors (Lipinski definition) is 3. The maximum atomic E-state index is 5.43. The minimum atomic E-state index is 0.577. The molecule has 2 aliphatic rings. The zero-order chi connectivity index (χ0) is 11.1. The topological polar surface area (TPSA) is 33.3 Å². The lowest BCUT2D eigenvalue weighted by Gasteiger charge is -2.23. The Bertz CT molecular complexity index is 175. The highest BCUT2D eigenvalue weighted by atomic mass is 16.5. The normalized spacial score (nSPS) is 27.4. The molecule has 1 atom stereocenters. The van der Waals surface area contributed by atoms with E-state index < -0.39 is 0 Å². The van der Waals surface area contributed by atoms with Gasteiger partial charge in [-0.25, -0.2) is 0 Å². The molecule has 0 aromatic heterocycles. The molecule has 94 valence electrons. The Morgan fingerprint density at radius 2 is 1.94 bits per heavy atom. The first-order valence-corrected chi connectivity index (χ1v) is 6.97. The van der Waals surface area contributed by atoms with Crippen LogP contribution in [-0.4, -0.2) is 38.9 Å². The van der Waals surface area contributed by atoms with Crippen LogP contribution in [0.25, 0.3) is 0 Å². The van der Waals surface area contributed by atoms with Crippen molar-refractivity contribution in [2.75, 3.05) is 32.8 Å². The van der Waals surface area contributed by atoms with Crippen LogP contribution >= 0.6 is 0 Å². The Kier molecular flexibility index (Phi) is 5.59. The summed E-state index contributed by atoms with van der Waals surface area (Å²) in [5.41, 5.74) is 0. The lowest BCUT2D eigenvalue weighted by Crippen LogP contribution is -2.42. The molecule has 1 aliphatic heterocycles. The fraction of sp³-hybridized carbons (Fsp3) is 1.00. The summed E-state index contributed by atoms with van der Waals surface area (Å²) in [7, 11) is 0. The summed E-state index contributed by atoms with van der Waals surface area (Å²) in [5, 5.41) is 7.05. The molecule has 1 saturated heterocycles. The van der Waals surface area contributed by atoms with Gasteiger partial charge in [0.2, 0.25) is 0 Å². The van der Waals surface area contributed by atoms with Crippen LogP contribution in [0.15, 0.2) is 0 Å². The molecule has 0 radical (unpaired) electrons. The Morgan fingerprint density at radius 1 is 1.12 bits per heavy atom. The van der Waals surface area contributed by atoms with Gasteiger partial charge in [0, 0.05) is 12.6 Å². The maximum absolute atomic E-state index is 5.43.